The van der Waals surface area contributed by atoms with Crippen LogP contribution in [0.15, 0.2) is 36.4 Å². The Labute approximate surface area is 180 Å². The predicted octanol–water partition coefficient (Wildman–Crippen LogP) is 3.55. The fourth-order valence-electron chi connectivity index (χ4n) is 4.20. The molecule has 1 aliphatic carbocycles. The number of aliphatic hydroxyl groups is 1. The molecule has 0 spiro atoms. The molecule has 3 rings (SSSR count). The lowest BCUT2D eigenvalue weighted by atomic mass is 9.86. The lowest BCUT2D eigenvalue weighted by molar-refractivity contribution is -0.123. The zero-order chi connectivity index (χ0) is 22.4. The van der Waals surface area contributed by atoms with Gasteiger partial charge in [0.15, 0.2) is 6.67 Å². The van der Waals surface area contributed by atoms with Crippen LogP contribution in [0, 0.1) is 11.6 Å². The van der Waals surface area contributed by atoms with Crippen molar-refractivity contribution in [3.05, 3.63) is 70.3 Å². The van der Waals surface area contributed by atoms with Crippen LogP contribution in [0.1, 0.15) is 48.1 Å². The Morgan fingerprint density at radius 2 is 1.90 bits per heavy atom. The summed E-state index contributed by atoms with van der Waals surface area (Å²) in [7, 11) is 0. The van der Waals surface area contributed by atoms with E-state index in [1.165, 1.54) is 16.7 Å². The van der Waals surface area contributed by atoms with E-state index >= 15 is 0 Å². The quantitative estimate of drug-likeness (QED) is 0.566. The van der Waals surface area contributed by atoms with Crippen LogP contribution >= 0.6 is 0 Å². The maximum absolute atomic E-state index is 13.5. The number of carbonyl (C=O) groups is 1. The average molecular weight is 435 g/mol. The number of hydrogen-bond donors (Lipinski definition) is 3. The molecular formula is C24H29F3N2O2. The van der Waals surface area contributed by atoms with Crippen molar-refractivity contribution in [1.82, 2.24) is 10.6 Å². The van der Waals surface area contributed by atoms with Gasteiger partial charge in [0.25, 0.3) is 5.91 Å². The van der Waals surface area contributed by atoms with Crippen molar-refractivity contribution in [2.45, 2.75) is 57.2 Å². The fraction of sp³-hybridized carbons (Fsp3) is 0.458. The van der Waals surface area contributed by atoms with E-state index in [4.69, 9.17) is 0 Å². The molecule has 4 nitrogen and oxygen atoms in total. The number of aliphatic hydroxyl groups excluding tert-OH is 1. The topological polar surface area (TPSA) is 61.4 Å². The molecule has 0 fully saturated rings. The number of carbonyl (C=O) groups excluding carboxylic acids is 1. The average Bonchev–Trinajstić information content (AvgIpc) is 2.75. The minimum absolute atomic E-state index is 0.0233. The van der Waals surface area contributed by atoms with Gasteiger partial charge in [-0.15, -0.1) is 0 Å². The monoisotopic (exact) mass is 434 g/mol. The molecule has 7 heteroatoms. The van der Waals surface area contributed by atoms with Crippen molar-refractivity contribution < 1.29 is 23.1 Å². The van der Waals surface area contributed by atoms with E-state index in [1.54, 1.807) is 0 Å². The highest BCUT2D eigenvalue weighted by Crippen LogP contribution is 2.30. The third-order valence-electron chi connectivity index (χ3n) is 5.82. The molecule has 0 aromatic heterocycles. The van der Waals surface area contributed by atoms with Gasteiger partial charge in [-0.3, -0.25) is 4.79 Å². The third-order valence-corrected chi connectivity index (χ3v) is 5.82. The van der Waals surface area contributed by atoms with Crippen molar-refractivity contribution in [1.29, 1.82) is 0 Å². The normalized spacial score (nSPS) is 17.6. The number of fused-ring (bicyclic) bond motifs is 1. The molecule has 1 amide bonds. The summed E-state index contributed by atoms with van der Waals surface area (Å²) in [5, 5.41) is 16.5. The second-order valence-electron chi connectivity index (χ2n) is 8.10. The molecule has 3 atom stereocenters. The Morgan fingerprint density at radius 3 is 2.58 bits per heavy atom. The van der Waals surface area contributed by atoms with Gasteiger partial charge in [0.2, 0.25) is 0 Å². The molecule has 31 heavy (non-hydrogen) atoms. The summed E-state index contributed by atoms with van der Waals surface area (Å²) in [6.07, 6.45) is 2.80. The molecule has 0 heterocycles. The Kier molecular flexibility index (Phi) is 8.09. The summed E-state index contributed by atoms with van der Waals surface area (Å²) in [6.45, 7) is 1.02. The molecule has 2 aromatic rings. The third kappa shape index (κ3) is 6.31. The SMILES string of the molecule is CCc1ccc2c(c1)[C@@H](NC[C@@H](O)[C@H](Cc1cc(F)cc(F)c1)NC(=O)CF)CCC2. The summed E-state index contributed by atoms with van der Waals surface area (Å²) in [5.74, 6) is -2.37. The minimum Gasteiger partial charge on any atom is -0.390 e. The van der Waals surface area contributed by atoms with E-state index in [2.05, 4.69) is 35.8 Å². The maximum atomic E-state index is 13.5. The molecule has 0 saturated heterocycles. The second kappa shape index (κ2) is 10.8. The number of amides is 1. The van der Waals surface area contributed by atoms with Crippen molar-refractivity contribution in [3.63, 3.8) is 0 Å². The number of rotatable bonds is 9. The molecule has 0 saturated carbocycles. The minimum atomic E-state index is -1.23. The van der Waals surface area contributed by atoms with Crippen LogP contribution in [-0.2, 0) is 24.1 Å². The Hall–Kier alpha value is -2.38. The standard InChI is InChI=1S/C24H29F3N2O2/c1-2-15-6-7-17-4-3-5-21(20(17)10-15)28-14-23(30)22(29-24(31)13-25)11-16-8-18(26)12-19(27)9-16/h6-10,12,21-23,28,30H,2-5,11,13-14H2,1H3,(H,29,31)/t21-,22-,23+/m0/s1. The lowest BCUT2D eigenvalue weighted by Gasteiger charge is -2.30. The van der Waals surface area contributed by atoms with Crippen LogP contribution in [0.4, 0.5) is 13.2 Å². The maximum Gasteiger partial charge on any atom is 0.251 e. The predicted molar refractivity (Wildman–Crippen MR) is 113 cm³/mol. The first kappa shape index (κ1) is 23.3. The Bertz CT molecular complexity index is 886. The zero-order valence-electron chi connectivity index (χ0n) is 17.6. The van der Waals surface area contributed by atoms with Crippen LogP contribution < -0.4 is 10.6 Å². The summed E-state index contributed by atoms with van der Waals surface area (Å²) >= 11 is 0. The molecule has 168 valence electrons. The van der Waals surface area contributed by atoms with Crippen molar-refractivity contribution in [2.24, 2.45) is 0 Å². The zero-order valence-corrected chi connectivity index (χ0v) is 17.6. The first-order valence-electron chi connectivity index (χ1n) is 10.7. The fourth-order valence-corrected chi connectivity index (χ4v) is 4.20. The van der Waals surface area contributed by atoms with Crippen LogP contribution in [0.25, 0.3) is 0 Å². The summed E-state index contributed by atoms with van der Waals surface area (Å²) in [6, 6.07) is 8.69. The van der Waals surface area contributed by atoms with Crippen molar-refractivity contribution >= 4 is 5.91 Å². The van der Waals surface area contributed by atoms with Crippen LogP contribution in [0.2, 0.25) is 0 Å². The van der Waals surface area contributed by atoms with Gasteiger partial charge in [-0.05, 0) is 66.5 Å². The van der Waals surface area contributed by atoms with Crippen LogP contribution in [-0.4, -0.2) is 36.4 Å². The van der Waals surface area contributed by atoms with E-state index in [9.17, 15) is 23.1 Å². The number of halogens is 3. The molecule has 0 unspecified atom stereocenters. The number of benzene rings is 2. The van der Waals surface area contributed by atoms with E-state index in [-0.39, 0.29) is 24.6 Å². The summed E-state index contributed by atoms with van der Waals surface area (Å²) in [5.41, 5.74) is 4.02. The van der Waals surface area contributed by atoms with Gasteiger partial charge < -0.3 is 15.7 Å². The first-order chi connectivity index (χ1) is 14.9. The molecule has 2 aromatic carbocycles. The number of hydrogen-bond acceptors (Lipinski definition) is 3. The first-order valence-corrected chi connectivity index (χ1v) is 10.7. The van der Waals surface area contributed by atoms with Gasteiger partial charge in [-0.1, -0.05) is 25.1 Å². The number of aryl methyl sites for hydroxylation is 2. The van der Waals surface area contributed by atoms with Crippen molar-refractivity contribution in [2.75, 3.05) is 13.2 Å². The van der Waals surface area contributed by atoms with Gasteiger partial charge in [0.1, 0.15) is 11.6 Å². The van der Waals surface area contributed by atoms with Crippen LogP contribution in [0.5, 0.6) is 0 Å². The highest BCUT2D eigenvalue weighted by molar-refractivity contribution is 5.77. The largest absolute Gasteiger partial charge is 0.390 e. The van der Waals surface area contributed by atoms with E-state index in [0.717, 1.165) is 43.9 Å². The van der Waals surface area contributed by atoms with Gasteiger partial charge >= 0.3 is 0 Å². The van der Waals surface area contributed by atoms with Crippen molar-refractivity contribution in [3.8, 4) is 0 Å². The number of alkyl halides is 1. The molecule has 0 radical (unpaired) electrons. The molecular weight excluding hydrogens is 405 g/mol. The summed E-state index contributed by atoms with van der Waals surface area (Å²) in [4.78, 5) is 11.6. The van der Waals surface area contributed by atoms with Crippen LogP contribution in [0.3, 0.4) is 0 Å². The van der Waals surface area contributed by atoms with E-state index in [0.29, 0.717) is 0 Å². The van der Waals surface area contributed by atoms with Gasteiger partial charge in [-0.25, -0.2) is 13.2 Å². The Morgan fingerprint density at radius 1 is 1.16 bits per heavy atom. The number of nitrogens with one attached hydrogen (secondary N) is 2. The smallest absolute Gasteiger partial charge is 0.251 e. The van der Waals surface area contributed by atoms with Gasteiger partial charge in [-0.2, -0.15) is 0 Å². The summed E-state index contributed by atoms with van der Waals surface area (Å²) < 4.78 is 39.8. The molecule has 3 N–H and O–H groups in total. The van der Waals surface area contributed by atoms with E-state index in [1.807, 2.05) is 0 Å². The van der Waals surface area contributed by atoms with Gasteiger partial charge in [0.05, 0.1) is 12.1 Å². The van der Waals surface area contributed by atoms with E-state index < -0.39 is 36.4 Å². The Balaban J connectivity index is 1.70. The second-order valence-corrected chi connectivity index (χ2v) is 8.10. The lowest BCUT2D eigenvalue weighted by Crippen LogP contribution is -2.49. The molecule has 1 aliphatic rings. The highest BCUT2D eigenvalue weighted by Gasteiger charge is 2.25. The van der Waals surface area contributed by atoms with Gasteiger partial charge in [0, 0.05) is 18.7 Å². The molecule has 0 aliphatic heterocycles. The molecule has 0 bridgehead atoms. The highest BCUT2D eigenvalue weighted by atomic mass is 19.1.